The van der Waals surface area contributed by atoms with Gasteiger partial charge in [0, 0.05) is 19.1 Å². The molecule has 5 heteroatoms. The summed E-state index contributed by atoms with van der Waals surface area (Å²) in [5.74, 6) is 0. The Morgan fingerprint density at radius 3 is 2.20 bits per heavy atom. The lowest BCUT2D eigenvalue weighted by Gasteiger charge is -2.09. The first kappa shape index (κ1) is 10.2. The molecule has 0 saturated heterocycles. The largest absolute Gasteiger partial charge is 0.618 e. The molecule has 4 nitrogen and oxygen atoms in total. The topological polar surface area (TPSA) is 53.9 Å². The summed E-state index contributed by atoms with van der Waals surface area (Å²) in [6.07, 6.45) is 0. The zero-order chi connectivity index (χ0) is 11.0. The van der Waals surface area contributed by atoms with Crippen molar-refractivity contribution in [3.63, 3.8) is 0 Å². The Morgan fingerprint density at radius 1 is 1.13 bits per heavy atom. The minimum absolute atomic E-state index is 0.370. The smallest absolute Gasteiger partial charge is 0.290 e. The predicted molar refractivity (Wildman–Crippen MR) is 59.2 cm³/mol. The maximum Gasteiger partial charge on any atom is 0.290 e. The number of para-hydroxylation sites is 2. The number of rotatable bonds is 1. The Labute approximate surface area is 95.1 Å². The summed E-state index contributed by atoms with van der Waals surface area (Å²) in [4.78, 5) is 0. The molecule has 0 aliphatic heterocycles. The van der Waals surface area contributed by atoms with Gasteiger partial charge in [0.05, 0.1) is 5.33 Å². The number of halogens is 1. The van der Waals surface area contributed by atoms with E-state index >= 15 is 0 Å². The zero-order valence-corrected chi connectivity index (χ0v) is 9.69. The van der Waals surface area contributed by atoms with Crippen LogP contribution in [0.2, 0.25) is 0 Å². The maximum absolute atomic E-state index is 11.9. The van der Waals surface area contributed by atoms with Crippen LogP contribution in [0.3, 0.4) is 0 Å². The van der Waals surface area contributed by atoms with Crippen LogP contribution in [0.25, 0.3) is 11.0 Å². The molecule has 2 rings (SSSR count). The molecular formula is C10H9BrN2O2. The Bertz CT molecular complexity index is 528. The van der Waals surface area contributed by atoms with Gasteiger partial charge in [-0.3, -0.25) is 0 Å². The van der Waals surface area contributed by atoms with Gasteiger partial charge in [0.1, 0.15) is 0 Å². The van der Waals surface area contributed by atoms with Crippen molar-refractivity contribution < 1.29 is 9.46 Å². The number of alkyl halides is 1. The lowest BCUT2D eigenvalue weighted by atomic mass is 10.2. The minimum Gasteiger partial charge on any atom is -0.618 e. The van der Waals surface area contributed by atoms with Crippen LogP contribution in [0, 0.1) is 17.3 Å². The molecule has 0 N–H and O–H groups in total. The molecule has 0 atom stereocenters. The van der Waals surface area contributed by atoms with E-state index in [-0.39, 0.29) is 0 Å². The quantitative estimate of drug-likeness (QED) is 0.445. The highest BCUT2D eigenvalue weighted by Gasteiger charge is 2.22. The van der Waals surface area contributed by atoms with Gasteiger partial charge in [0.25, 0.3) is 22.4 Å². The molecule has 1 heterocycles. The molecule has 1 aromatic carbocycles. The summed E-state index contributed by atoms with van der Waals surface area (Å²) in [6, 6.07) is 6.76. The van der Waals surface area contributed by atoms with Gasteiger partial charge in [-0.05, 0) is 0 Å². The minimum atomic E-state index is 0.370. The van der Waals surface area contributed by atoms with Crippen molar-refractivity contribution in [2.45, 2.75) is 12.3 Å². The van der Waals surface area contributed by atoms with E-state index in [9.17, 15) is 10.4 Å². The van der Waals surface area contributed by atoms with Gasteiger partial charge in [0.15, 0.2) is 0 Å². The van der Waals surface area contributed by atoms with E-state index in [1.807, 2.05) is 0 Å². The van der Waals surface area contributed by atoms with E-state index in [1.54, 1.807) is 31.2 Å². The van der Waals surface area contributed by atoms with Crippen LogP contribution in [0.15, 0.2) is 24.3 Å². The highest BCUT2D eigenvalue weighted by atomic mass is 79.9. The fourth-order valence-electron chi connectivity index (χ4n) is 1.55. The first-order chi connectivity index (χ1) is 7.16. The van der Waals surface area contributed by atoms with E-state index in [4.69, 9.17) is 0 Å². The van der Waals surface area contributed by atoms with Crippen LogP contribution in [-0.4, -0.2) is 0 Å². The first-order valence-electron chi connectivity index (χ1n) is 4.46. The molecule has 78 valence electrons. The Balaban J connectivity index is 2.96. The second-order valence-corrected chi connectivity index (χ2v) is 3.80. The summed E-state index contributed by atoms with van der Waals surface area (Å²) >= 11 is 3.21. The molecule has 0 bridgehead atoms. The second kappa shape index (κ2) is 3.66. The molecule has 0 unspecified atom stereocenters. The van der Waals surface area contributed by atoms with Crippen molar-refractivity contribution in [1.82, 2.24) is 0 Å². The van der Waals surface area contributed by atoms with Crippen LogP contribution in [0.4, 0.5) is 0 Å². The van der Waals surface area contributed by atoms with Gasteiger partial charge in [0.2, 0.25) is 0 Å². The lowest BCUT2D eigenvalue weighted by molar-refractivity contribution is -0.638. The number of benzene rings is 1. The summed E-state index contributed by atoms with van der Waals surface area (Å²) in [5.41, 5.74) is 1.67. The standard InChI is InChI=1S/C10H9BrN2O2/c1-7-10(6-11)13(15)9-5-3-2-4-8(9)12(7)14/h2-5H,6H2,1H3. The summed E-state index contributed by atoms with van der Waals surface area (Å²) < 4.78 is 1.59. The maximum atomic E-state index is 11.9. The lowest BCUT2D eigenvalue weighted by Crippen LogP contribution is -2.44. The van der Waals surface area contributed by atoms with Crippen LogP contribution >= 0.6 is 15.9 Å². The molecule has 0 spiro atoms. The second-order valence-electron chi connectivity index (χ2n) is 3.24. The molecule has 15 heavy (non-hydrogen) atoms. The van der Waals surface area contributed by atoms with Gasteiger partial charge in [-0.1, -0.05) is 28.1 Å². The van der Waals surface area contributed by atoms with E-state index in [1.165, 1.54) is 0 Å². The Kier molecular flexibility index (Phi) is 2.48. The zero-order valence-electron chi connectivity index (χ0n) is 8.11. The third-order valence-electron chi connectivity index (χ3n) is 2.41. The van der Waals surface area contributed by atoms with Gasteiger partial charge in [-0.15, -0.1) is 0 Å². The number of hydrogen-bond acceptors (Lipinski definition) is 2. The fraction of sp³-hybridized carbons (Fsp3) is 0.200. The highest BCUT2D eigenvalue weighted by Crippen LogP contribution is 2.10. The Morgan fingerprint density at radius 2 is 1.67 bits per heavy atom. The van der Waals surface area contributed by atoms with Crippen molar-refractivity contribution >= 4 is 27.0 Å². The van der Waals surface area contributed by atoms with Crippen molar-refractivity contribution in [2.24, 2.45) is 0 Å². The van der Waals surface area contributed by atoms with Gasteiger partial charge < -0.3 is 10.4 Å². The normalized spacial score (nSPS) is 10.8. The first-order valence-corrected chi connectivity index (χ1v) is 5.58. The summed E-state index contributed by atoms with van der Waals surface area (Å²) in [6.45, 7) is 1.64. The van der Waals surface area contributed by atoms with Crippen molar-refractivity contribution in [3.8, 4) is 0 Å². The van der Waals surface area contributed by atoms with Crippen molar-refractivity contribution in [1.29, 1.82) is 0 Å². The van der Waals surface area contributed by atoms with Crippen LogP contribution in [0.1, 0.15) is 11.4 Å². The molecule has 2 aromatic rings. The highest BCUT2D eigenvalue weighted by molar-refractivity contribution is 9.08. The number of fused-ring (bicyclic) bond motifs is 1. The van der Waals surface area contributed by atoms with E-state index in [0.29, 0.717) is 27.8 Å². The molecule has 0 fully saturated rings. The Hall–Kier alpha value is -1.36. The number of aromatic nitrogens is 2. The average molecular weight is 269 g/mol. The van der Waals surface area contributed by atoms with E-state index in [2.05, 4.69) is 15.9 Å². The third-order valence-corrected chi connectivity index (χ3v) is 2.94. The molecule has 0 amide bonds. The molecule has 0 aliphatic carbocycles. The predicted octanol–water partition coefficient (Wildman–Crippen LogP) is 1.31. The molecule has 0 saturated carbocycles. The van der Waals surface area contributed by atoms with Crippen LogP contribution in [-0.2, 0) is 5.33 Å². The monoisotopic (exact) mass is 268 g/mol. The van der Waals surface area contributed by atoms with Gasteiger partial charge >= 0.3 is 0 Å². The van der Waals surface area contributed by atoms with E-state index in [0.717, 1.165) is 9.46 Å². The fourth-order valence-corrected chi connectivity index (χ4v) is 2.18. The molecule has 1 aromatic heterocycles. The van der Waals surface area contributed by atoms with E-state index < -0.39 is 0 Å². The van der Waals surface area contributed by atoms with Crippen LogP contribution in [0.5, 0.6) is 0 Å². The molecular weight excluding hydrogens is 260 g/mol. The third kappa shape index (κ3) is 1.43. The van der Waals surface area contributed by atoms with Crippen molar-refractivity contribution in [2.75, 3.05) is 0 Å². The van der Waals surface area contributed by atoms with Crippen molar-refractivity contribution in [3.05, 3.63) is 46.1 Å². The summed E-state index contributed by atoms with van der Waals surface area (Å²) in [5, 5.41) is 24.0. The van der Waals surface area contributed by atoms with Gasteiger partial charge in [-0.2, -0.15) is 9.46 Å². The molecule has 0 radical (unpaired) electrons. The average Bonchev–Trinajstić information content (AvgIpc) is 2.27. The molecule has 0 aliphatic rings. The SMILES string of the molecule is Cc1c(CBr)[n+]([O-])c2ccccc2[n+]1[O-]. The van der Waals surface area contributed by atoms with Crippen LogP contribution < -0.4 is 9.46 Å². The number of nitrogens with zero attached hydrogens (tertiary/aromatic N) is 2. The number of hydrogen-bond donors (Lipinski definition) is 0. The summed E-state index contributed by atoms with van der Waals surface area (Å²) in [7, 11) is 0. The van der Waals surface area contributed by atoms with Gasteiger partial charge in [-0.25, -0.2) is 0 Å².